The fraction of sp³-hybridized carbons (Fsp3) is 0.143. The monoisotopic (exact) mass is 490 g/mol. The molecule has 3 heteroatoms. The van der Waals surface area contributed by atoms with Gasteiger partial charge in [0.15, 0.2) is 0 Å². The maximum absolute atomic E-state index is 5.99. The first kappa shape index (κ1) is 21.8. The van der Waals surface area contributed by atoms with Crippen LogP contribution in [0.1, 0.15) is 18.9 Å². The summed E-state index contributed by atoms with van der Waals surface area (Å²) in [6.45, 7) is 2.87. The van der Waals surface area contributed by atoms with Crippen molar-refractivity contribution in [3.63, 3.8) is 0 Å². The van der Waals surface area contributed by atoms with Gasteiger partial charge < -0.3 is 0 Å². The third-order valence-electron chi connectivity index (χ3n) is 5.67. The average Bonchev–Trinajstić information content (AvgIpc) is 2.82. The van der Waals surface area contributed by atoms with Gasteiger partial charge in [0.1, 0.15) is 0 Å². The van der Waals surface area contributed by atoms with Gasteiger partial charge in [-0.05, 0) is 0 Å². The van der Waals surface area contributed by atoms with Crippen LogP contribution in [0.5, 0.6) is 5.75 Å². The number of ether oxygens (including phenoxy) is 1. The van der Waals surface area contributed by atoms with Gasteiger partial charge in [-0.2, -0.15) is 0 Å². The third kappa shape index (κ3) is 4.92. The Hall–Kier alpha value is -2.41. The molecular formula is C28H28BrOP. The van der Waals surface area contributed by atoms with Gasteiger partial charge in [0, 0.05) is 0 Å². The molecule has 0 atom stereocenters. The molecular weight excluding hydrogens is 463 g/mol. The Balaban J connectivity index is 1.92. The van der Waals surface area contributed by atoms with E-state index in [1.165, 1.54) is 21.5 Å². The van der Waals surface area contributed by atoms with Gasteiger partial charge in [0.25, 0.3) is 0 Å². The number of rotatable bonds is 8. The topological polar surface area (TPSA) is 9.23 Å². The first-order chi connectivity index (χ1) is 15.2. The van der Waals surface area contributed by atoms with Crippen molar-refractivity contribution in [2.75, 3.05) is 6.61 Å². The number of halogens is 1. The van der Waals surface area contributed by atoms with Crippen molar-refractivity contribution in [3.05, 3.63) is 119 Å². The second-order valence-electron chi connectivity index (χ2n) is 7.82. The molecule has 0 unspecified atom stereocenters. The first-order valence-corrected chi connectivity index (χ1v) is 13.8. The molecule has 0 N–H and O–H groups in total. The van der Waals surface area contributed by atoms with E-state index in [4.69, 9.17) is 4.74 Å². The van der Waals surface area contributed by atoms with Gasteiger partial charge in [-0.1, -0.05) is 0 Å². The summed E-state index contributed by atoms with van der Waals surface area (Å²) < 4.78 is 7.06. The third-order valence-corrected chi connectivity index (χ3v) is 11.0. The predicted octanol–water partition coefficient (Wildman–Crippen LogP) is 6.46. The molecule has 0 fully saturated rings. The molecule has 31 heavy (non-hydrogen) atoms. The van der Waals surface area contributed by atoms with Crippen molar-refractivity contribution in [3.8, 4) is 5.75 Å². The molecule has 0 saturated heterocycles. The minimum atomic E-state index is -2.32. The van der Waals surface area contributed by atoms with E-state index in [-0.39, 0.29) is 0 Å². The molecule has 0 amide bonds. The van der Waals surface area contributed by atoms with Crippen LogP contribution in [0.2, 0.25) is 0 Å². The quantitative estimate of drug-likeness (QED) is 0.257. The van der Waals surface area contributed by atoms with E-state index < -0.39 is 7.26 Å². The van der Waals surface area contributed by atoms with E-state index in [0.717, 1.165) is 29.4 Å². The molecule has 0 bridgehead atoms. The Bertz CT molecular complexity index is 1000. The molecule has 0 spiro atoms. The normalized spacial score (nSPS) is 11.8. The predicted molar refractivity (Wildman–Crippen MR) is 140 cm³/mol. The molecule has 0 aliphatic heterocycles. The zero-order valence-electron chi connectivity index (χ0n) is 17.8. The molecule has 0 heterocycles. The van der Waals surface area contributed by atoms with Gasteiger partial charge >= 0.3 is 195 Å². The van der Waals surface area contributed by atoms with E-state index >= 15 is 0 Å². The molecule has 4 aromatic rings. The Morgan fingerprint density at radius 2 is 1.16 bits per heavy atom. The molecule has 0 aliphatic rings. The van der Waals surface area contributed by atoms with Crippen molar-refractivity contribution in [1.82, 2.24) is 0 Å². The van der Waals surface area contributed by atoms with Crippen LogP contribution in [0.4, 0.5) is 0 Å². The Kier molecular flexibility index (Phi) is 7.22. The minimum absolute atomic E-state index is 0.731. The van der Waals surface area contributed by atoms with Crippen LogP contribution in [-0.2, 0) is 6.16 Å². The molecule has 0 saturated carbocycles. The fourth-order valence-electron chi connectivity index (χ4n) is 4.31. The van der Waals surface area contributed by atoms with Gasteiger partial charge in [0.05, 0.1) is 0 Å². The molecule has 0 aromatic heterocycles. The van der Waals surface area contributed by atoms with Crippen LogP contribution in [0.3, 0.4) is 0 Å². The summed E-state index contributed by atoms with van der Waals surface area (Å²) in [5.74, 6) is 0.934. The van der Waals surface area contributed by atoms with Crippen molar-refractivity contribution < 1.29 is 4.74 Å². The fourth-order valence-corrected chi connectivity index (χ4v) is 9.54. The van der Waals surface area contributed by atoms with Crippen molar-refractivity contribution in [2.24, 2.45) is 0 Å². The Morgan fingerprint density at radius 1 is 0.677 bits per heavy atom. The van der Waals surface area contributed by atoms with Crippen LogP contribution >= 0.6 is 23.2 Å². The van der Waals surface area contributed by atoms with E-state index in [2.05, 4.69) is 132 Å². The van der Waals surface area contributed by atoms with E-state index in [0.29, 0.717) is 0 Å². The Morgan fingerprint density at radius 3 is 1.61 bits per heavy atom. The van der Waals surface area contributed by atoms with Crippen LogP contribution in [0.25, 0.3) is 0 Å². The second-order valence-corrected chi connectivity index (χ2v) is 12.6. The molecule has 0 radical (unpaired) electrons. The molecule has 4 rings (SSSR count). The average molecular weight is 491 g/mol. The van der Waals surface area contributed by atoms with Gasteiger partial charge in [-0.15, -0.1) is 0 Å². The summed E-state index contributed by atoms with van der Waals surface area (Å²) in [6.07, 6.45) is 1.96. The maximum atomic E-state index is 5.99. The zero-order chi connectivity index (χ0) is 21.5. The van der Waals surface area contributed by atoms with Crippen LogP contribution in [-0.4, -0.2) is 6.61 Å². The van der Waals surface area contributed by atoms with Gasteiger partial charge in [-0.25, -0.2) is 0 Å². The van der Waals surface area contributed by atoms with Gasteiger partial charge in [-0.3, -0.25) is 0 Å². The van der Waals surface area contributed by atoms with Crippen molar-refractivity contribution in [2.45, 2.75) is 19.5 Å². The molecule has 4 aromatic carbocycles. The summed E-state index contributed by atoms with van der Waals surface area (Å²) in [5, 5.41) is 4.26. The number of hydrogen-bond acceptors (Lipinski definition) is 1. The van der Waals surface area contributed by atoms with E-state index in [1.807, 2.05) is 0 Å². The van der Waals surface area contributed by atoms with Crippen molar-refractivity contribution in [1.29, 1.82) is 0 Å². The summed E-state index contributed by atoms with van der Waals surface area (Å²) in [6, 6.07) is 39.7. The molecule has 158 valence electrons. The van der Waals surface area contributed by atoms with E-state index in [1.54, 1.807) is 0 Å². The number of benzene rings is 4. The second kappa shape index (κ2) is 10.3. The van der Waals surface area contributed by atoms with Crippen LogP contribution < -0.4 is 20.7 Å². The number of hydrogen-bond donors (Lipinski definition) is 0. The molecule has 0 aliphatic carbocycles. The summed E-state index contributed by atoms with van der Waals surface area (Å²) in [7, 11) is -2.32. The van der Waals surface area contributed by atoms with Gasteiger partial charge in [0.2, 0.25) is 0 Å². The van der Waals surface area contributed by atoms with Crippen LogP contribution in [0, 0.1) is 0 Å². The first-order valence-electron chi connectivity index (χ1n) is 10.8. The van der Waals surface area contributed by atoms with E-state index in [9.17, 15) is 0 Å². The zero-order valence-corrected chi connectivity index (χ0v) is 20.4. The Labute approximate surface area is 194 Å². The molecule has 1 nitrogen and oxygen atoms in total. The SMILES string of the molecule is CCCOc1cc(Br)cc(C[PH](c2ccccc2)(c2ccccc2)c2ccccc2)c1. The summed E-state index contributed by atoms with van der Waals surface area (Å²) in [5.41, 5.74) is 1.30. The summed E-state index contributed by atoms with van der Waals surface area (Å²) in [4.78, 5) is 0. The summed E-state index contributed by atoms with van der Waals surface area (Å²) >= 11 is 3.72. The van der Waals surface area contributed by atoms with Crippen LogP contribution in [0.15, 0.2) is 114 Å². The standard InChI is InChI=1S/C28H28BrOP/c1-2-18-30-25-20-23(19-24(29)21-25)22-31(26-12-6-3-7-13-26,27-14-8-4-9-15-27)28-16-10-5-11-17-28/h3-17,19-21,31H,2,18,22H2,1H3. The van der Waals surface area contributed by atoms with Crippen molar-refractivity contribution >= 4 is 39.1 Å².